The number of fused-ring (bicyclic) bond motifs is 1. The fraction of sp³-hybridized carbons (Fsp3) is 0.286. The van der Waals surface area contributed by atoms with Gasteiger partial charge in [-0.2, -0.15) is 0 Å². The summed E-state index contributed by atoms with van der Waals surface area (Å²) >= 11 is 0. The molecule has 0 aromatic heterocycles. The van der Waals surface area contributed by atoms with Crippen LogP contribution in [0.2, 0.25) is 0 Å². The number of carbonyl (C=O) groups is 1. The van der Waals surface area contributed by atoms with Crippen LogP contribution in [0.5, 0.6) is 0 Å². The average molecular weight is 370 g/mol. The molecule has 1 N–H and O–H groups in total. The first-order valence-electron chi connectivity index (χ1n) is 8.97. The lowest BCUT2D eigenvalue weighted by Gasteiger charge is -2.21. The summed E-state index contributed by atoms with van der Waals surface area (Å²) in [6, 6.07) is 12.8. The molecule has 3 heterocycles. The summed E-state index contributed by atoms with van der Waals surface area (Å²) in [5, 5.41) is 9.36. The molecule has 0 radical (unpaired) electrons. The van der Waals surface area contributed by atoms with Crippen molar-refractivity contribution in [3.63, 3.8) is 0 Å². The minimum atomic E-state index is -1.10. The second-order valence-corrected chi connectivity index (χ2v) is 7.02. The summed E-state index contributed by atoms with van der Waals surface area (Å²) in [5.74, 6) is -1.12. The van der Waals surface area contributed by atoms with Crippen LogP contribution in [0.4, 0.5) is 13.6 Å². The molecule has 0 spiro atoms. The lowest BCUT2D eigenvalue weighted by molar-refractivity contribution is 0.144. The maximum atomic E-state index is 13.9. The highest BCUT2D eigenvalue weighted by atomic mass is 19.1. The average Bonchev–Trinajstić information content (AvgIpc) is 3.07. The molecule has 140 valence electrons. The maximum absolute atomic E-state index is 13.9. The summed E-state index contributed by atoms with van der Waals surface area (Å²) in [7, 11) is 0. The van der Waals surface area contributed by atoms with Crippen molar-refractivity contribution in [1.29, 1.82) is 0 Å². The van der Waals surface area contributed by atoms with E-state index in [0.29, 0.717) is 5.57 Å². The molecular formula is C21H20F2N2O2. The monoisotopic (exact) mass is 370 g/mol. The zero-order valence-electron chi connectivity index (χ0n) is 14.7. The number of amides is 1. The number of hydrogen-bond acceptors (Lipinski definition) is 2. The Labute approximate surface area is 156 Å². The van der Waals surface area contributed by atoms with E-state index in [4.69, 9.17) is 0 Å². The van der Waals surface area contributed by atoms with E-state index < -0.39 is 23.8 Å². The first-order chi connectivity index (χ1) is 13.0. The van der Waals surface area contributed by atoms with Gasteiger partial charge in [0.15, 0.2) is 0 Å². The second kappa shape index (κ2) is 7.12. The van der Waals surface area contributed by atoms with Gasteiger partial charge in [0.1, 0.15) is 11.6 Å². The second-order valence-electron chi connectivity index (χ2n) is 7.02. The van der Waals surface area contributed by atoms with Gasteiger partial charge in [0, 0.05) is 24.7 Å². The number of benzene rings is 2. The van der Waals surface area contributed by atoms with E-state index in [1.54, 1.807) is 6.08 Å². The van der Waals surface area contributed by atoms with E-state index in [-0.39, 0.29) is 12.1 Å². The molecule has 27 heavy (non-hydrogen) atoms. The summed E-state index contributed by atoms with van der Waals surface area (Å²) < 4.78 is 27.3. The quantitative estimate of drug-likeness (QED) is 0.808. The number of hydrogen-bond donors (Lipinski definition) is 1. The molecule has 5 rings (SSSR count). The SMILES string of the molecule is C1CN2CC12.O=C(O)N1CC(c2cc(F)ccc2F)=CC1c1ccccc1. The highest BCUT2D eigenvalue weighted by molar-refractivity contribution is 5.78. The Bertz CT molecular complexity index is 873. The van der Waals surface area contributed by atoms with E-state index >= 15 is 0 Å². The zero-order chi connectivity index (χ0) is 19.0. The van der Waals surface area contributed by atoms with Crippen LogP contribution in [-0.4, -0.2) is 46.7 Å². The minimum absolute atomic E-state index is 0.0231. The molecule has 0 bridgehead atoms. The van der Waals surface area contributed by atoms with Crippen LogP contribution in [-0.2, 0) is 0 Å². The van der Waals surface area contributed by atoms with Crippen LogP contribution < -0.4 is 0 Å². The number of carboxylic acid groups (broad SMARTS) is 1. The molecule has 2 fully saturated rings. The van der Waals surface area contributed by atoms with Crippen molar-refractivity contribution in [2.45, 2.75) is 18.5 Å². The molecule has 1 amide bonds. The molecular weight excluding hydrogens is 350 g/mol. The van der Waals surface area contributed by atoms with E-state index in [2.05, 4.69) is 4.90 Å². The van der Waals surface area contributed by atoms with Crippen molar-refractivity contribution < 1.29 is 18.7 Å². The minimum Gasteiger partial charge on any atom is -0.465 e. The Kier molecular flexibility index (Phi) is 4.66. The van der Waals surface area contributed by atoms with Crippen molar-refractivity contribution in [3.05, 3.63) is 77.4 Å². The molecule has 2 aromatic rings. The largest absolute Gasteiger partial charge is 0.465 e. The van der Waals surface area contributed by atoms with Gasteiger partial charge in [0.2, 0.25) is 0 Å². The fourth-order valence-corrected chi connectivity index (χ4v) is 3.55. The van der Waals surface area contributed by atoms with Gasteiger partial charge in [0.25, 0.3) is 0 Å². The normalized spacial score (nSPS) is 24.9. The summed E-state index contributed by atoms with van der Waals surface area (Å²) in [6.07, 6.45) is 2.05. The van der Waals surface area contributed by atoms with Crippen LogP contribution in [0.3, 0.4) is 0 Å². The van der Waals surface area contributed by atoms with Crippen molar-refractivity contribution >= 4 is 11.7 Å². The van der Waals surface area contributed by atoms with Gasteiger partial charge in [0.05, 0.1) is 12.6 Å². The highest BCUT2D eigenvalue weighted by Gasteiger charge is 2.41. The molecule has 2 saturated heterocycles. The highest BCUT2D eigenvalue weighted by Crippen LogP contribution is 2.35. The van der Waals surface area contributed by atoms with Crippen molar-refractivity contribution in [1.82, 2.24) is 9.80 Å². The first-order valence-corrected chi connectivity index (χ1v) is 8.97. The molecule has 2 aromatic carbocycles. The number of rotatable bonds is 2. The van der Waals surface area contributed by atoms with Crippen molar-refractivity contribution in [3.8, 4) is 0 Å². The zero-order valence-corrected chi connectivity index (χ0v) is 14.7. The Morgan fingerprint density at radius 1 is 1.11 bits per heavy atom. The molecule has 3 aliphatic heterocycles. The van der Waals surface area contributed by atoms with Crippen LogP contribution >= 0.6 is 0 Å². The summed E-state index contributed by atoms with van der Waals surface area (Å²) in [4.78, 5) is 15.1. The lowest BCUT2D eigenvalue weighted by atomic mass is 10.0. The Morgan fingerprint density at radius 3 is 2.41 bits per heavy atom. The predicted molar refractivity (Wildman–Crippen MR) is 98.2 cm³/mol. The van der Waals surface area contributed by atoms with Gasteiger partial charge in [-0.05, 0) is 35.8 Å². The Hall–Kier alpha value is -2.73. The van der Waals surface area contributed by atoms with Crippen molar-refractivity contribution in [2.24, 2.45) is 0 Å². The maximum Gasteiger partial charge on any atom is 0.408 e. The number of nitrogens with zero attached hydrogens (tertiary/aromatic N) is 2. The third kappa shape index (κ3) is 3.71. The number of halogens is 2. The van der Waals surface area contributed by atoms with Gasteiger partial charge in [-0.1, -0.05) is 36.4 Å². The van der Waals surface area contributed by atoms with Gasteiger partial charge in [-0.15, -0.1) is 0 Å². The van der Waals surface area contributed by atoms with E-state index in [1.807, 2.05) is 30.3 Å². The smallest absolute Gasteiger partial charge is 0.408 e. The molecule has 3 aliphatic rings. The predicted octanol–water partition coefficient (Wildman–Crippen LogP) is 4.16. The topological polar surface area (TPSA) is 43.6 Å². The molecule has 3 atom stereocenters. The molecule has 6 heteroatoms. The van der Waals surface area contributed by atoms with Crippen LogP contribution in [0.1, 0.15) is 23.6 Å². The van der Waals surface area contributed by atoms with Gasteiger partial charge < -0.3 is 5.11 Å². The van der Waals surface area contributed by atoms with Gasteiger partial charge in [-0.3, -0.25) is 9.80 Å². The van der Waals surface area contributed by atoms with Crippen LogP contribution in [0, 0.1) is 11.6 Å². The van der Waals surface area contributed by atoms with Gasteiger partial charge in [-0.25, -0.2) is 13.6 Å². The van der Waals surface area contributed by atoms with Crippen LogP contribution in [0.25, 0.3) is 5.57 Å². The molecule has 3 unspecified atom stereocenters. The molecule has 0 aliphatic carbocycles. The summed E-state index contributed by atoms with van der Waals surface area (Å²) in [5.41, 5.74) is 1.36. The molecule has 0 saturated carbocycles. The standard InChI is InChI=1S/C17H13F2NO2.C4H7N/c18-13-6-7-15(19)14(9-13)12-8-16(20(10-12)17(21)22)11-4-2-1-3-5-11;1-2-5-3-4(1)5/h1-9,16H,10H2,(H,21,22);4H,1-3H2. The van der Waals surface area contributed by atoms with Crippen LogP contribution in [0.15, 0.2) is 54.6 Å². The fourth-order valence-electron chi connectivity index (χ4n) is 3.55. The van der Waals surface area contributed by atoms with E-state index in [1.165, 1.54) is 24.4 Å². The van der Waals surface area contributed by atoms with Crippen molar-refractivity contribution in [2.75, 3.05) is 19.6 Å². The summed E-state index contributed by atoms with van der Waals surface area (Å²) in [6.45, 7) is 2.83. The Morgan fingerprint density at radius 2 is 1.85 bits per heavy atom. The van der Waals surface area contributed by atoms with E-state index in [0.717, 1.165) is 29.8 Å². The first kappa shape index (κ1) is 17.7. The van der Waals surface area contributed by atoms with E-state index in [9.17, 15) is 18.7 Å². The third-order valence-corrected chi connectivity index (χ3v) is 5.27. The molecule has 4 nitrogen and oxygen atoms in total. The van der Waals surface area contributed by atoms with Gasteiger partial charge >= 0.3 is 6.09 Å². The lowest BCUT2D eigenvalue weighted by Crippen LogP contribution is -2.29. The third-order valence-electron chi connectivity index (χ3n) is 5.27. The Balaban J connectivity index is 0.000000304.